The molecule has 0 heterocycles. The minimum atomic E-state index is -0.123. The molecule has 0 amide bonds. The molecule has 0 aliphatic carbocycles. The highest BCUT2D eigenvalue weighted by molar-refractivity contribution is 9.10. The van der Waals surface area contributed by atoms with Crippen molar-refractivity contribution in [2.24, 2.45) is 5.73 Å². The summed E-state index contributed by atoms with van der Waals surface area (Å²) in [6.45, 7) is 6.86. The highest BCUT2D eigenvalue weighted by Crippen LogP contribution is 2.31. The molecule has 0 saturated heterocycles. The lowest BCUT2D eigenvalue weighted by molar-refractivity contribution is 0.338. The zero-order chi connectivity index (χ0) is 14.7. The lowest BCUT2D eigenvalue weighted by Crippen LogP contribution is -2.13. The van der Waals surface area contributed by atoms with Crippen LogP contribution in [0.4, 0.5) is 0 Å². The Bertz CT molecular complexity index is 610. The molecule has 0 aliphatic rings. The van der Waals surface area contributed by atoms with E-state index >= 15 is 0 Å². The smallest absolute Gasteiger partial charge is 0.133 e. The van der Waals surface area contributed by atoms with E-state index in [2.05, 4.69) is 48.0 Å². The minimum Gasteiger partial charge on any atom is -0.493 e. The molecule has 0 saturated carbocycles. The summed E-state index contributed by atoms with van der Waals surface area (Å²) in [6, 6.07) is 12.2. The molecule has 2 N–H and O–H groups in total. The van der Waals surface area contributed by atoms with E-state index < -0.39 is 0 Å². The maximum atomic E-state index is 6.42. The van der Waals surface area contributed by atoms with Crippen LogP contribution in [-0.4, -0.2) is 6.61 Å². The summed E-state index contributed by atoms with van der Waals surface area (Å²) >= 11 is 3.54. The second-order valence-electron chi connectivity index (χ2n) is 4.89. The molecular formula is C17H20BrNO. The van der Waals surface area contributed by atoms with Gasteiger partial charge in [0.2, 0.25) is 0 Å². The van der Waals surface area contributed by atoms with Crippen molar-refractivity contribution < 1.29 is 4.74 Å². The van der Waals surface area contributed by atoms with Gasteiger partial charge in [0.25, 0.3) is 0 Å². The normalized spacial score (nSPS) is 12.2. The van der Waals surface area contributed by atoms with Gasteiger partial charge in [-0.3, -0.25) is 0 Å². The van der Waals surface area contributed by atoms with Crippen molar-refractivity contribution in [2.45, 2.75) is 26.8 Å². The van der Waals surface area contributed by atoms with Gasteiger partial charge in [-0.05, 0) is 71.1 Å². The molecule has 0 spiro atoms. The zero-order valence-electron chi connectivity index (χ0n) is 12.1. The predicted molar refractivity (Wildman–Crippen MR) is 87.3 cm³/mol. The largest absolute Gasteiger partial charge is 0.493 e. The number of hydrogen-bond donors (Lipinski definition) is 1. The van der Waals surface area contributed by atoms with Gasteiger partial charge in [-0.2, -0.15) is 0 Å². The summed E-state index contributed by atoms with van der Waals surface area (Å²) in [6.07, 6.45) is 0. The molecule has 0 fully saturated rings. The third kappa shape index (κ3) is 3.05. The van der Waals surface area contributed by atoms with Gasteiger partial charge >= 0.3 is 0 Å². The Hall–Kier alpha value is -1.32. The van der Waals surface area contributed by atoms with E-state index in [0.29, 0.717) is 6.61 Å². The van der Waals surface area contributed by atoms with Gasteiger partial charge in [0, 0.05) is 0 Å². The van der Waals surface area contributed by atoms with Crippen LogP contribution in [0.1, 0.15) is 35.2 Å². The molecule has 0 radical (unpaired) electrons. The first-order valence-corrected chi connectivity index (χ1v) is 7.57. The number of ether oxygens (including phenoxy) is 1. The van der Waals surface area contributed by atoms with Crippen LogP contribution in [0.5, 0.6) is 5.75 Å². The first kappa shape index (κ1) is 15.1. The number of nitrogens with two attached hydrogens (primary N) is 1. The maximum Gasteiger partial charge on any atom is 0.133 e. The monoisotopic (exact) mass is 333 g/mol. The van der Waals surface area contributed by atoms with Crippen LogP contribution in [0.15, 0.2) is 40.9 Å². The molecule has 20 heavy (non-hydrogen) atoms. The van der Waals surface area contributed by atoms with Crippen molar-refractivity contribution in [3.63, 3.8) is 0 Å². The van der Waals surface area contributed by atoms with E-state index in [4.69, 9.17) is 10.5 Å². The fourth-order valence-corrected chi connectivity index (χ4v) is 2.78. The lowest BCUT2D eigenvalue weighted by atomic mass is 9.93. The summed E-state index contributed by atoms with van der Waals surface area (Å²) in [5.74, 6) is 0.851. The Kier molecular flexibility index (Phi) is 4.84. The second-order valence-corrected chi connectivity index (χ2v) is 5.74. The Labute approximate surface area is 129 Å². The molecule has 0 aliphatic heterocycles. The molecule has 106 valence electrons. The predicted octanol–water partition coefficient (Wildman–Crippen LogP) is 4.51. The fraction of sp³-hybridized carbons (Fsp3) is 0.294. The summed E-state index contributed by atoms with van der Waals surface area (Å²) < 4.78 is 6.47. The summed E-state index contributed by atoms with van der Waals surface area (Å²) in [4.78, 5) is 0. The Morgan fingerprint density at radius 3 is 2.60 bits per heavy atom. The quantitative estimate of drug-likeness (QED) is 0.893. The lowest BCUT2D eigenvalue weighted by Gasteiger charge is -2.18. The van der Waals surface area contributed by atoms with Gasteiger partial charge in [0.15, 0.2) is 0 Å². The van der Waals surface area contributed by atoms with E-state index in [9.17, 15) is 0 Å². The van der Waals surface area contributed by atoms with E-state index in [0.717, 1.165) is 15.8 Å². The number of aryl methyl sites for hydroxylation is 1. The molecular weight excluding hydrogens is 314 g/mol. The summed E-state index contributed by atoms with van der Waals surface area (Å²) in [5.41, 5.74) is 11.2. The van der Waals surface area contributed by atoms with Gasteiger partial charge < -0.3 is 10.5 Å². The van der Waals surface area contributed by atoms with Gasteiger partial charge in [0.05, 0.1) is 17.1 Å². The maximum absolute atomic E-state index is 6.42. The summed E-state index contributed by atoms with van der Waals surface area (Å²) in [7, 11) is 0. The third-order valence-corrected chi connectivity index (χ3v) is 4.22. The molecule has 1 unspecified atom stereocenters. The molecule has 2 aromatic carbocycles. The highest BCUT2D eigenvalue weighted by atomic mass is 79.9. The second kappa shape index (κ2) is 6.42. The standard InChI is InChI=1S/C17H20BrNO/c1-4-20-16-9-8-13(10-15(16)18)17(19)14-7-5-6-11(2)12(14)3/h5-10,17H,4,19H2,1-3H3. The highest BCUT2D eigenvalue weighted by Gasteiger charge is 2.14. The Balaban J connectivity index is 2.36. The van der Waals surface area contributed by atoms with Gasteiger partial charge in [-0.15, -0.1) is 0 Å². The molecule has 1 atom stereocenters. The first-order chi connectivity index (χ1) is 9.54. The van der Waals surface area contributed by atoms with Crippen LogP contribution in [0, 0.1) is 13.8 Å². The number of hydrogen-bond acceptors (Lipinski definition) is 2. The molecule has 2 rings (SSSR count). The molecule has 2 nitrogen and oxygen atoms in total. The molecule has 2 aromatic rings. The van der Waals surface area contributed by atoms with Crippen molar-refractivity contribution in [3.05, 3.63) is 63.1 Å². The average Bonchev–Trinajstić information content (AvgIpc) is 2.43. The van der Waals surface area contributed by atoms with Crippen LogP contribution in [-0.2, 0) is 0 Å². The Morgan fingerprint density at radius 2 is 1.95 bits per heavy atom. The van der Waals surface area contributed by atoms with E-state index in [1.165, 1.54) is 16.7 Å². The minimum absolute atomic E-state index is 0.123. The van der Waals surface area contributed by atoms with Gasteiger partial charge in [-0.1, -0.05) is 24.3 Å². The van der Waals surface area contributed by atoms with Crippen molar-refractivity contribution >= 4 is 15.9 Å². The van der Waals surface area contributed by atoms with Gasteiger partial charge in [0.1, 0.15) is 5.75 Å². The van der Waals surface area contributed by atoms with Crippen molar-refractivity contribution in [1.82, 2.24) is 0 Å². The van der Waals surface area contributed by atoms with Crippen molar-refractivity contribution in [1.29, 1.82) is 0 Å². The van der Waals surface area contributed by atoms with Crippen molar-refractivity contribution in [3.8, 4) is 5.75 Å². The third-order valence-electron chi connectivity index (χ3n) is 3.60. The van der Waals surface area contributed by atoms with Crippen LogP contribution in [0.25, 0.3) is 0 Å². The number of halogens is 1. The van der Waals surface area contributed by atoms with E-state index in [-0.39, 0.29) is 6.04 Å². The zero-order valence-corrected chi connectivity index (χ0v) is 13.7. The van der Waals surface area contributed by atoms with Crippen molar-refractivity contribution in [2.75, 3.05) is 6.61 Å². The number of benzene rings is 2. The van der Waals surface area contributed by atoms with Crippen LogP contribution in [0.3, 0.4) is 0 Å². The van der Waals surface area contributed by atoms with E-state index in [1.54, 1.807) is 0 Å². The average molecular weight is 334 g/mol. The molecule has 0 bridgehead atoms. The SMILES string of the molecule is CCOc1ccc(C(N)c2cccc(C)c2C)cc1Br. The first-order valence-electron chi connectivity index (χ1n) is 6.78. The number of rotatable bonds is 4. The molecule has 3 heteroatoms. The van der Waals surface area contributed by atoms with Crippen LogP contribution in [0.2, 0.25) is 0 Å². The molecule has 0 aromatic heterocycles. The Morgan fingerprint density at radius 1 is 1.20 bits per heavy atom. The topological polar surface area (TPSA) is 35.2 Å². The summed E-state index contributed by atoms with van der Waals surface area (Å²) in [5, 5.41) is 0. The van der Waals surface area contributed by atoms with Crippen LogP contribution < -0.4 is 10.5 Å². The fourth-order valence-electron chi connectivity index (χ4n) is 2.27. The van der Waals surface area contributed by atoms with E-state index in [1.807, 2.05) is 25.1 Å². The van der Waals surface area contributed by atoms with Gasteiger partial charge in [-0.25, -0.2) is 0 Å². The van der Waals surface area contributed by atoms with Crippen LogP contribution >= 0.6 is 15.9 Å².